The Kier molecular flexibility index (Phi) is 6.76. The van der Waals surface area contributed by atoms with Gasteiger partial charge in [-0.05, 0) is 66.5 Å². The molecule has 0 spiro atoms. The van der Waals surface area contributed by atoms with E-state index in [1.54, 1.807) is 22.1 Å². The maximum Gasteiger partial charge on any atom is 0.273 e. The van der Waals surface area contributed by atoms with Crippen LogP contribution in [0.2, 0.25) is 0 Å². The first-order chi connectivity index (χ1) is 15.7. The minimum Gasteiger partial charge on any atom is -0.487 e. The van der Waals surface area contributed by atoms with Gasteiger partial charge in [-0.15, -0.1) is 11.3 Å². The van der Waals surface area contributed by atoms with Crippen LogP contribution in [-0.2, 0) is 6.61 Å². The number of aryl methyl sites for hydroxylation is 3. The third-order valence-corrected chi connectivity index (χ3v) is 6.92. The van der Waals surface area contributed by atoms with Crippen LogP contribution in [0, 0.1) is 20.8 Å². The summed E-state index contributed by atoms with van der Waals surface area (Å²) >= 11 is 5.13. The highest BCUT2D eigenvalue weighted by Crippen LogP contribution is 2.27. The molecular weight excluding hydrogens is 500 g/mol. The Morgan fingerprint density at radius 1 is 1.12 bits per heavy atom. The topological polar surface area (TPSA) is 69.9 Å². The Hall–Kier alpha value is -2.84. The maximum atomic E-state index is 13.3. The lowest BCUT2D eigenvalue weighted by Crippen LogP contribution is -2.22. The molecular formula is C25H25BrN4O2S. The summed E-state index contributed by atoms with van der Waals surface area (Å²) in [6.07, 6.45) is 3.52. The van der Waals surface area contributed by atoms with E-state index in [2.05, 4.69) is 52.7 Å². The third-order valence-electron chi connectivity index (χ3n) is 5.22. The molecule has 0 saturated heterocycles. The Morgan fingerprint density at radius 3 is 2.61 bits per heavy atom. The summed E-state index contributed by atoms with van der Waals surface area (Å²) in [7, 11) is 0. The third kappa shape index (κ3) is 4.91. The highest BCUT2D eigenvalue weighted by atomic mass is 79.9. The van der Waals surface area contributed by atoms with Crippen LogP contribution >= 0.6 is 27.3 Å². The lowest BCUT2D eigenvalue weighted by atomic mass is 10.1. The first-order valence-corrected chi connectivity index (χ1v) is 12.3. The molecule has 4 aromatic rings. The van der Waals surface area contributed by atoms with E-state index in [1.807, 2.05) is 44.3 Å². The molecule has 0 amide bonds. The van der Waals surface area contributed by atoms with Gasteiger partial charge in [-0.3, -0.25) is 14.3 Å². The van der Waals surface area contributed by atoms with Crippen molar-refractivity contribution in [2.24, 2.45) is 0 Å². The minimum atomic E-state index is -0.188. The summed E-state index contributed by atoms with van der Waals surface area (Å²) in [5.41, 5.74) is 3.69. The number of ether oxygens (including phenoxy) is 1. The van der Waals surface area contributed by atoms with E-state index in [1.165, 1.54) is 4.88 Å². The quantitative estimate of drug-likeness (QED) is 0.303. The maximum absolute atomic E-state index is 13.3. The van der Waals surface area contributed by atoms with E-state index in [9.17, 15) is 4.79 Å². The first-order valence-electron chi connectivity index (χ1n) is 10.6. The number of hydrogen-bond donors (Lipinski definition) is 0. The van der Waals surface area contributed by atoms with Crippen molar-refractivity contribution < 1.29 is 4.74 Å². The highest BCUT2D eigenvalue weighted by Gasteiger charge is 2.16. The standard InChI is InChI=1S/C25H25BrN4O2S/c1-14(2)24-28-12-15(3)23(29-24)20-11-18(8-9-27-20)30-16(4)10-21(22(26)25(30)31)32-13-19-7-6-17(5)33-19/h6-12,14H,13H2,1-5H3. The number of hydrogen-bond acceptors (Lipinski definition) is 6. The molecule has 0 unspecified atom stereocenters. The zero-order valence-electron chi connectivity index (χ0n) is 19.2. The Labute approximate surface area is 205 Å². The van der Waals surface area contributed by atoms with Crippen molar-refractivity contribution in [1.82, 2.24) is 19.5 Å². The summed E-state index contributed by atoms with van der Waals surface area (Å²) in [5.74, 6) is 1.50. The van der Waals surface area contributed by atoms with Gasteiger partial charge in [0, 0.05) is 39.8 Å². The molecule has 8 heteroatoms. The van der Waals surface area contributed by atoms with Gasteiger partial charge in [-0.2, -0.15) is 0 Å². The Bertz CT molecular complexity index is 1380. The van der Waals surface area contributed by atoms with Crippen LogP contribution in [0.5, 0.6) is 5.75 Å². The van der Waals surface area contributed by atoms with Crippen LogP contribution in [0.3, 0.4) is 0 Å². The summed E-state index contributed by atoms with van der Waals surface area (Å²) in [6.45, 7) is 10.4. The second-order valence-electron chi connectivity index (χ2n) is 8.22. The molecule has 4 aromatic heterocycles. The zero-order chi connectivity index (χ0) is 23.7. The summed E-state index contributed by atoms with van der Waals surface area (Å²) in [5, 5.41) is 0. The van der Waals surface area contributed by atoms with Gasteiger partial charge in [0.2, 0.25) is 0 Å². The van der Waals surface area contributed by atoms with Crippen molar-refractivity contribution in [1.29, 1.82) is 0 Å². The first kappa shape index (κ1) is 23.3. The van der Waals surface area contributed by atoms with E-state index < -0.39 is 0 Å². The second-order valence-corrected chi connectivity index (χ2v) is 10.4. The van der Waals surface area contributed by atoms with Gasteiger partial charge in [0.15, 0.2) is 0 Å². The molecule has 0 aliphatic heterocycles. The molecule has 0 N–H and O–H groups in total. The van der Waals surface area contributed by atoms with Crippen LogP contribution in [0.15, 0.2) is 52.0 Å². The Balaban J connectivity index is 1.71. The van der Waals surface area contributed by atoms with Gasteiger partial charge in [-0.25, -0.2) is 9.97 Å². The van der Waals surface area contributed by atoms with Crippen LogP contribution in [0.25, 0.3) is 17.1 Å². The van der Waals surface area contributed by atoms with E-state index >= 15 is 0 Å². The van der Waals surface area contributed by atoms with Gasteiger partial charge in [0.1, 0.15) is 22.7 Å². The van der Waals surface area contributed by atoms with Crippen molar-refractivity contribution in [2.75, 3.05) is 0 Å². The predicted molar refractivity (Wildman–Crippen MR) is 136 cm³/mol. The number of pyridine rings is 2. The molecule has 33 heavy (non-hydrogen) atoms. The fourth-order valence-electron chi connectivity index (χ4n) is 3.50. The fourth-order valence-corrected chi connectivity index (χ4v) is 4.71. The molecule has 0 atom stereocenters. The predicted octanol–water partition coefficient (Wildman–Crippen LogP) is 6.14. The largest absolute Gasteiger partial charge is 0.487 e. The van der Waals surface area contributed by atoms with Gasteiger partial charge in [0.25, 0.3) is 5.56 Å². The number of nitrogens with zero attached hydrogens (tertiary/aromatic N) is 4. The van der Waals surface area contributed by atoms with E-state index in [0.717, 1.165) is 27.7 Å². The highest BCUT2D eigenvalue weighted by molar-refractivity contribution is 9.10. The van der Waals surface area contributed by atoms with E-state index in [4.69, 9.17) is 9.72 Å². The molecule has 0 bridgehead atoms. The van der Waals surface area contributed by atoms with Gasteiger partial charge in [-0.1, -0.05) is 13.8 Å². The van der Waals surface area contributed by atoms with Gasteiger partial charge < -0.3 is 4.74 Å². The van der Waals surface area contributed by atoms with Gasteiger partial charge in [0.05, 0.1) is 17.1 Å². The van der Waals surface area contributed by atoms with Gasteiger partial charge >= 0.3 is 0 Å². The van der Waals surface area contributed by atoms with E-state index in [-0.39, 0.29) is 11.5 Å². The summed E-state index contributed by atoms with van der Waals surface area (Å²) < 4.78 is 7.99. The lowest BCUT2D eigenvalue weighted by Gasteiger charge is -2.15. The number of rotatable bonds is 6. The monoisotopic (exact) mass is 524 g/mol. The SMILES string of the molecule is Cc1ccc(COc2cc(C)n(-c3ccnc(-c4nc(C(C)C)ncc4C)c3)c(=O)c2Br)s1. The zero-order valence-corrected chi connectivity index (χ0v) is 21.6. The van der Waals surface area contributed by atoms with Crippen LogP contribution in [0.4, 0.5) is 0 Å². The molecule has 0 fully saturated rings. The molecule has 0 aliphatic carbocycles. The summed E-state index contributed by atoms with van der Waals surface area (Å²) in [4.78, 5) is 29.3. The van der Waals surface area contributed by atoms with Crippen LogP contribution in [-0.4, -0.2) is 19.5 Å². The smallest absolute Gasteiger partial charge is 0.273 e. The normalized spacial score (nSPS) is 11.2. The number of halogens is 1. The van der Waals surface area contributed by atoms with Crippen molar-refractivity contribution in [3.63, 3.8) is 0 Å². The fraction of sp³-hybridized carbons (Fsp3) is 0.280. The molecule has 0 aliphatic rings. The van der Waals surface area contributed by atoms with Crippen molar-refractivity contribution >= 4 is 27.3 Å². The molecule has 0 aromatic carbocycles. The summed E-state index contributed by atoms with van der Waals surface area (Å²) in [6, 6.07) is 9.68. The molecule has 6 nitrogen and oxygen atoms in total. The van der Waals surface area contributed by atoms with Crippen LogP contribution < -0.4 is 10.3 Å². The molecule has 170 valence electrons. The molecule has 4 heterocycles. The lowest BCUT2D eigenvalue weighted by molar-refractivity contribution is 0.306. The number of aromatic nitrogens is 4. The average molecular weight is 525 g/mol. The molecule has 0 radical (unpaired) electrons. The molecule has 4 rings (SSSR count). The van der Waals surface area contributed by atoms with Crippen LogP contribution in [0.1, 0.15) is 46.6 Å². The van der Waals surface area contributed by atoms with Crippen molar-refractivity contribution in [3.8, 4) is 22.8 Å². The number of thiophene rings is 1. The van der Waals surface area contributed by atoms with E-state index in [0.29, 0.717) is 28.2 Å². The minimum absolute atomic E-state index is 0.188. The molecule has 0 saturated carbocycles. The second kappa shape index (κ2) is 9.57. The Morgan fingerprint density at radius 2 is 1.91 bits per heavy atom. The van der Waals surface area contributed by atoms with Crippen molar-refractivity contribution in [2.45, 2.75) is 47.1 Å². The average Bonchev–Trinajstić information content (AvgIpc) is 3.21. The van der Waals surface area contributed by atoms with Crippen molar-refractivity contribution in [3.05, 3.63) is 84.4 Å².